The van der Waals surface area contributed by atoms with Crippen LogP contribution in [0.2, 0.25) is 0 Å². The molecule has 2 aromatic carbocycles. The van der Waals surface area contributed by atoms with E-state index in [0.717, 1.165) is 37.3 Å². The Labute approximate surface area is 173 Å². The fraction of sp³-hybridized carbons (Fsp3) is 0.417. The monoisotopic (exact) mass is 388 g/mol. The summed E-state index contributed by atoms with van der Waals surface area (Å²) in [6, 6.07) is 18.8. The van der Waals surface area contributed by atoms with Gasteiger partial charge in [-0.25, -0.2) is 4.79 Å². The van der Waals surface area contributed by atoms with Crippen molar-refractivity contribution in [2.24, 2.45) is 11.8 Å². The van der Waals surface area contributed by atoms with E-state index in [9.17, 15) is 10.1 Å². The first-order valence-electron chi connectivity index (χ1n) is 10.2. The van der Waals surface area contributed by atoms with Crippen LogP contribution in [0.1, 0.15) is 28.3 Å². The Morgan fingerprint density at radius 3 is 2.55 bits per heavy atom. The summed E-state index contributed by atoms with van der Waals surface area (Å²) in [5.74, 6) is 0.868. The van der Waals surface area contributed by atoms with E-state index in [0.29, 0.717) is 11.8 Å². The lowest BCUT2D eigenvalue weighted by atomic mass is 9.88. The minimum atomic E-state index is 0.0917. The average Bonchev–Trinajstić information content (AvgIpc) is 3.25. The van der Waals surface area contributed by atoms with Gasteiger partial charge < -0.3 is 9.80 Å². The molecule has 0 bridgehead atoms. The molecule has 2 aliphatic rings. The van der Waals surface area contributed by atoms with Crippen LogP contribution < -0.4 is 0 Å². The molecule has 0 N–H and O–H groups in total. The third-order valence-electron chi connectivity index (χ3n) is 6.41. The number of rotatable bonds is 3. The van der Waals surface area contributed by atoms with Gasteiger partial charge in [-0.05, 0) is 35.6 Å². The van der Waals surface area contributed by atoms with Crippen molar-refractivity contribution in [1.82, 2.24) is 14.7 Å². The Hall–Kier alpha value is -2.84. The quantitative estimate of drug-likeness (QED) is 0.806. The van der Waals surface area contributed by atoms with Crippen LogP contribution in [0.4, 0.5) is 4.79 Å². The van der Waals surface area contributed by atoms with Gasteiger partial charge in [0.15, 0.2) is 0 Å². The van der Waals surface area contributed by atoms with Crippen molar-refractivity contribution < 1.29 is 4.79 Å². The second kappa shape index (κ2) is 7.88. The van der Waals surface area contributed by atoms with Gasteiger partial charge in [-0.2, -0.15) is 5.26 Å². The summed E-state index contributed by atoms with van der Waals surface area (Å²) in [5.41, 5.74) is 4.34. The number of hydrogen-bond acceptors (Lipinski definition) is 3. The highest BCUT2D eigenvalue weighted by atomic mass is 16.2. The maximum absolute atomic E-state index is 12.9. The number of urea groups is 1. The van der Waals surface area contributed by atoms with Crippen molar-refractivity contribution >= 4 is 6.03 Å². The van der Waals surface area contributed by atoms with Crippen LogP contribution in [0.15, 0.2) is 48.5 Å². The van der Waals surface area contributed by atoms with Crippen molar-refractivity contribution in [1.29, 1.82) is 5.26 Å². The fourth-order valence-corrected chi connectivity index (χ4v) is 5.05. The number of benzene rings is 2. The standard InChI is InChI=1S/C24H28N4O/c1-17-8-4-7-11-21(17)23-22-16-27(13-19-10-6-5-9-18(19)12-25)14-20(22)15-28(23)24(29)26(2)3/h4-11,20,22-23H,13-16H2,1-3H3/t20-,22-,23+/m1/s1. The number of aryl methyl sites for hydroxylation is 1. The highest BCUT2D eigenvalue weighted by molar-refractivity contribution is 5.75. The van der Waals surface area contributed by atoms with Gasteiger partial charge in [0.2, 0.25) is 0 Å². The number of carbonyl (C=O) groups excluding carboxylic acids is 1. The predicted molar refractivity (Wildman–Crippen MR) is 113 cm³/mol. The molecule has 5 nitrogen and oxygen atoms in total. The molecule has 4 rings (SSSR count). The second-order valence-corrected chi connectivity index (χ2v) is 8.52. The molecule has 3 atom stereocenters. The summed E-state index contributed by atoms with van der Waals surface area (Å²) in [5, 5.41) is 9.41. The van der Waals surface area contributed by atoms with Crippen molar-refractivity contribution in [2.45, 2.75) is 19.5 Å². The molecule has 2 aromatic rings. The number of fused-ring (bicyclic) bond motifs is 1. The zero-order chi connectivity index (χ0) is 20.5. The fourth-order valence-electron chi connectivity index (χ4n) is 5.05. The van der Waals surface area contributed by atoms with E-state index in [1.54, 1.807) is 4.90 Å². The van der Waals surface area contributed by atoms with Gasteiger partial charge in [0, 0.05) is 46.2 Å². The normalized spacial score (nSPS) is 23.7. The van der Waals surface area contributed by atoms with Crippen LogP contribution in [0.25, 0.3) is 0 Å². The molecule has 0 aliphatic carbocycles. The molecular formula is C24H28N4O. The van der Waals surface area contributed by atoms with Crippen molar-refractivity contribution in [3.05, 3.63) is 70.8 Å². The van der Waals surface area contributed by atoms with Crippen LogP contribution >= 0.6 is 0 Å². The summed E-state index contributed by atoms with van der Waals surface area (Å²) in [6.45, 7) is 5.62. The largest absolute Gasteiger partial charge is 0.331 e. The molecule has 29 heavy (non-hydrogen) atoms. The molecule has 0 spiro atoms. The van der Waals surface area contributed by atoms with Gasteiger partial charge in [0.1, 0.15) is 0 Å². The van der Waals surface area contributed by atoms with Gasteiger partial charge in [-0.15, -0.1) is 0 Å². The number of hydrogen-bond donors (Lipinski definition) is 0. The summed E-state index contributed by atoms with van der Waals surface area (Å²) in [7, 11) is 3.66. The molecule has 2 fully saturated rings. The molecule has 0 radical (unpaired) electrons. The zero-order valence-electron chi connectivity index (χ0n) is 17.4. The molecule has 5 heteroatoms. The van der Waals surface area contributed by atoms with Gasteiger partial charge in [-0.1, -0.05) is 42.5 Å². The Morgan fingerprint density at radius 1 is 1.10 bits per heavy atom. The highest BCUT2D eigenvalue weighted by Crippen LogP contribution is 2.46. The number of amides is 2. The van der Waals surface area contributed by atoms with Gasteiger partial charge in [0.25, 0.3) is 0 Å². The SMILES string of the molecule is Cc1ccccc1[C@H]1[C@@H]2CN(Cc3ccccc3C#N)C[C@@H]2CN1C(=O)N(C)C. The topological polar surface area (TPSA) is 50.6 Å². The van der Waals surface area contributed by atoms with E-state index >= 15 is 0 Å². The molecule has 2 heterocycles. The molecule has 2 aliphatic heterocycles. The first-order chi connectivity index (χ1) is 14.0. The van der Waals surface area contributed by atoms with E-state index in [1.807, 2.05) is 38.4 Å². The smallest absolute Gasteiger partial charge is 0.320 e. The molecule has 0 aromatic heterocycles. The van der Waals surface area contributed by atoms with E-state index in [-0.39, 0.29) is 12.1 Å². The van der Waals surface area contributed by atoms with Crippen LogP contribution in [-0.2, 0) is 6.54 Å². The van der Waals surface area contributed by atoms with E-state index in [1.165, 1.54) is 11.1 Å². The first kappa shape index (κ1) is 19.5. The number of nitriles is 1. The first-order valence-corrected chi connectivity index (χ1v) is 10.2. The molecule has 0 unspecified atom stereocenters. The Balaban J connectivity index is 1.60. The Bertz CT molecular complexity index is 948. The number of carbonyl (C=O) groups is 1. The minimum absolute atomic E-state index is 0.0917. The summed E-state index contributed by atoms with van der Waals surface area (Å²) in [6.07, 6.45) is 0. The van der Waals surface area contributed by atoms with Crippen LogP contribution in [0, 0.1) is 30.1 Å². The van der Waals surface area contributed by atoms with E-state index in [4.69, 9.17) is 0 Å². The maximum atomic E-state index is 12.9. The lowest BCUT2D eigenvalue weighted by molar-refractivity contribution is 0.151. The van der Waals surface area contributed by atoms with E-state index < -0.39 is 0 Å². The summed E-state index contributed by atoms with van der Waals surface area (Å²) >= 11 is 0. The lowest BCUT2D eigenvalue weighted by Gasteiger charge is -2.32. The highest BCUT2D eigenvalue weighted by Gasteiger charge is 2.49. The molecular weight excluding hydrogens is 360 g/mol. The van der Waals surface area contributed by atoms with Crippen molar-refractivity contribution in [3.8, 4) is 6.07 Å². The predicted octanol–water partition coefficient (Wildman–Crippen LogP) is 3.65. The molecule has 2 saturated heterocycles. The van der Waals surface area contributed by atoms with Gasteiger partial charge in [0.05, 0.1) is 17.7 Å². The maximum Gasteiger partial charge on any atom is 0.320 e. The third kappa shape index (κ3) is 3.61. The molecule has 0 saturated carbocycles. The summed E-state index contributed by atoms with van der Waals surface area (Å²) < 4.78 is 0. The third-order valence-corrected chi connectivity index (χ3v) is 6.41. The Morgan fingerprint density at radius 2 is 1.83 bits per heavy atom. The minimum Gasteiger partial charge on any atom is -0.331 e. The van der Waals surface area contributed by atoms with Crippen molar-refractivity contribution in [3.63, 3.8) is 0 Å². The number of likely N-dealkylation sites (tertiary alicyclic amines) is 2. The second-order valence-electron chi connectivity index (χ2n) is 8.52. The van der Waals surface area contributed by atoms with Gasteiger partial charge >= 0.3 is 6.03 Å². The van der Waals surface area contributed by atoms with Crippen LogP contribution in [0.5, 0.6) is 0 Å². The summed E-state index contributed by atoms with van der Waals surface area (Å²) in [4.78, 5) is 19.1. The van der Waals surface area contributed by atoms with E-state index in [2.05, 4.69) is 47.1 Å². The zero-order valence-corrected chi connectivity index (χ0v) is 17.4. The Kier molecular flexibility index (Phi) is 5.29. The van der Waals surface area contributed by atoms with Crippen LogP contribution in [-0.4, -0.2) is 54.5 Å². The number of nitrogens with zero attached hydrogens (tertiary/aromatic N) is 4. The molecule has 150 valence electrons. The van der Waals surface area contributed by atoms with Gasteiger partial charge in [-0.3, -0.25) is 4.90 Å². The van der Waals surface area contributed by atoms with Crippen molar-refractivity contribution in [2.75, 3.05) is 33.7 Å². The molecule has 2 amide bonds. The average molecular weight is 389 g/mol. The van der Waals surface area contributed by atoms with Crippen LogP contribution in [0.3, 0.4) is 0 Å². The lowest BCUT2D eigenvalue weighted by Crippen LogP contribution is -2.41.